The number of carbonyl (C=O) groups is 1. The summed E-state index contributed by atoms with van der Waals surface area (Å²) in [6, 6.07) is 9.53. The summed E-state index contributed by atoms with van der Waals surface area (Å²) in [5.74, 6) is 0.342. The molecule has 0 aliphatic heterocycles. The predicted octanol–water partition coefficient (Wildman–Crippen LogP) is 3.45. The van der Waals surface area contributed by atoms with Gasteiger partial charge in [0.15, 0.2) is 5.78 Å². The molecule has 6 heteroatoms. The van der Waals surface area contributed by atoms with Gasteiger partial charge < -0.3 is 9.97 Å². The first-order valence-electron chi connectivity index (χ1n) is 7.76. The van der Waals surface area contributed by atoms with Crippen LogP contribution in [0.5, 0.6) is 0 Å². The summed E-state index contributed by atoms with van der Waals surface area (Å²) in [7, 11) is 0. The van der Waals surface area contributed by atoms with Gasteiger partial charge in [-0.2, -0.15) is 0 Å². The Morgan fingerprint density at radius 1 is 1.25 bits per heavy atom. The number of aryl methyl sites for hydroxylation is 1. The first kappa shape index (κ1) is 14.8. The summed E-state index contributed by atoms with van der Waals surface area (Å²) in [5, 5.41) is 1.48. The van der Waals surface area contributed by atoms with Crippen molar-refractivity contribution in [1.29, 1.82) is 0 Å². The fourth-order valence-corrected chi connectivity index (χ4v) is 3.82. The lowest BCUT2D eigenvalue weighted by molar-refractivity contribution is 0.0992. The number of rotatable bonds is 4. The molecule has 0 spiro atoms. The molecule has 2 N–H and O–H groups in total. The molecule has 4 rings (SSSR count). The van der Waals surface area contributed by atoms with Gasteiger partial charge in [-0.1, -0.05) is 25.1 Å². The summed E-state index contributed by atoms with van der Waals surface area (Å²) in [4.78, 5) is 36.9. The van der Waals surface area contributed by atoms with Crippen LogP contribution in [-0.4, -0.2) is 20.7 Å². The number of para-hydroxylation sites is 1. The summed E-state index contributed by atoms with van der Waals surface area (Å²) in [6.45, 7) is 2.04. The van der Waals surface area contributed by atoms with E-state index in [4.69, 9.17) is 0 Å². The summed E-state index contributed by atoms with van der Waals surface area (Å²) in [6.07, 6.45) is 2.65. The minimum Gasteiger partial charge on any atom is -0.360 e. The normalized spacial score (nSPS) is 11.4. The zero-order valence-electron chi connectivity index (χ0n) is 13.1. The Kier molecular flexibility index (Phi) is 3.54. The highest BCUT2D eigenvalue weighted by Gasteiger charge is 2.15. The number of thiophene rings is 1. The van der Waals surface area contributed by atoms with Gasteiger partial charge in [-0.25, -0.2) is 4.98 Å². The molecule has 0 saturated heterocycles. The highest BCUT2D eigenvalue weighted by Crippen LogP contribution is 2.22. The zero-order valence-corrected chi connectivity index (χ0v) is 13.9. The molecule has 3 heterocycles. The zero-order chi connectivity index (χ0) is 16.7. The van der Waals surface area contributed by atoms with Crippen LogP contribution >= 0.6 is 11.3 Å². The van der Waals surface area contributed by atoms with Crippen LogP contribution in [0.4, 0.5) is 0 Å². The van der Waals surface area contributed by atoms with E-state index in [2.05, 4.69) is 15.0 Å². The van der Waals surface area contributed by atoms with Crippen LogP contribution in [0.2, 0.25) is 0 Å². The highest BCUT2D eigenvalue weighted by atomic mass is 32.1. The number of H-pyrrole nitrogens is 2. The molecule has 0 fully saturated rings. The van der Waals surface area contributed by atoms with Crippen LogP contribution < -0.4 is 5.56 Å². The Morgan fingerprint density at radius 2 is 2.08 bits per heavy atom. The molecule has 0 amide bonds. The maximum Gasteiger partial charge on any atom is 0.259 e. The van der Waals surface area contributed by atoms with Crippen LogP contribution in [0.25, 0.3) is 21.1 Å². The van der Waals surface area contributed by atoms with Gasteiger partial charge in [0.05, 0.1) is 11.8 Å². The number of nitrogens with one attached hydrogen (secondary N) is 2. The molecule has 4 aromatic rings. The quantitative estimate of drug-likeness (QED) is 0.560. The van der Waals surface area contributed by atoms with Crippen molar-refractivity contribution in [3.8, 4) is 0 Å². The Labute approximate surface area is 141 Å². The first-order chi connectivity index (χ1) is 11.7. The maximum atomic E-state index is 12.6. The number of aromatic amines is 2. The number of aromatic nitrogens is 3. The number of benzene rings is 1. The van der Waals surface area contributed by atoms with Crippen molar-refractivity contribution in [1.82, 2.24) is 15.0 Å². The van der Waals surface area contributed by atoms with E-state index >= 15 is 0 Å². The molecule has 0 radical (unpaired) electrons. The molecule has 120 valence electrons. The van der Waals surface area contributed by atoms with Gasteiger partial charge in [-0.3, -0.25) is 9.59 Å². The lowest BCUT2D eigenvalue weighted by Gasteiger charge is -2.00. The topological polar surface area (TPSA) is 78.6 Å². The van der Waals surface area contributed by atoms with E-state index in [0.29, 0.717) is 21.6 Å². The number of hydrogen-bond donors (Lipinski definition) is 2. The van der Waals surface area contributed by atoms with Crippen molar-refractivity contribution in [3.63, 3.8) is 0 Å². The van der Waals surface area contributed by atoms with E-state index in [1.165, 1.54) is 11.3 Å². The molecule has 0 saturated carbocycles. The minimum atomic E-state index is -0.183. The SMILES string of the molecule is CCc1cc2c(=O)[nH]c(CC(=O)c3c[nH]c4ccccc34)nc2s1. The van der Waals surface area contributed by atoms with Crippen molar-refractivity contribution in [3.05, 3.63) is 63.1 Å². The number of nitrogens with zero attached hydrogens (tertiary/aromatic N) is 1. The molecule has 0 bridgehead atoms. The number of ketones is 1. The molecule has 3 aromatic heterocycles. The molecule has 0 aliphatic rings. The lowest BCUT2D eigenvalue weighted by atomic mass is 10.1. The fraction of sp³-hybridized carbons (Fsp3) is 0.167. The van der Waals surface area contributed by atoms with E-state index in [1.54, 1.807) is 6.20 Å². The van der Waals surface area contributed by atoms with Gasteiger partial charge >= 0.3 is 0 Å². The Hall–Kier alpha value is -2.73. The molecule has 0 unspecified atom stereocenters. The maximum absolute atomic E-state index is 12.6. The second-order valence-electron chi connectivity index (χ2n) is 5.65. The Bertz CT molecular complexity index is 1120. The van der Waals surface area contributed by atoms with Gasteiger partial charge in [0.25, 0.3) is 5.56 Å². The predicted molar refractivity (Wildman–Crippen MR) is 96.0 cm³/mol. The van der Waals surface area contributed by atoms with Gasteiger partial charge in [-0.05, 0) is 18.6 Å². The minimum absolute atomic E-state index is 0.0674. The molecule has 0 atom stereocenters. The average Bonchev–Trinajstić information content (AvgIpc) is 3.18. The van der Waals surface area contributed by atoms with Crippen LogP contribution in [0, 0.1) is 0 Å². The average molecular weight is 337 g/mol. The van der Waals surface area contributed by atoms with Gasteiger partial charge in [-0.15, -0.1) is 11.3 Å². The van der Waals surface area contributed by atoms with E-state index in [9.17, 15) is 9.59 Å². The molecular formula is C18H15N3O2S. The smallest absolute Gasteiger partial charge is 0.259 e. The van der Waals surface area contributed by atoms with Crippen molar-refractivity contribution < 1.29 is 4.79 Å². The third-order valence-corrected chi connectivity index (χ3v) is 5.24. The molecule has 24 heavy (non-hydrogen) atoms. The van der Waals surface area contributed by atoms with Crippen LogP contribution in [0.3, 0.4) is 0 Å². The van der Waals surface area contributed by atoms with Crippen LogP contribution in [0.1, 0.15) is 28.0 Å². The standard InChI is InChI=1S/C18H15N3O2S/c1-2-10-7-12-17(23)20-16(21-18(12)24-10)8-15(22)13-9-19-14-6-4-3-5-11(13)14/h3-7,9,19H,2,8H2,1H3,(H,20,21,23). The van der Waals surface area contributed by atoms with E-state index in [1.807, 2.05) is 37.3 Å². The van der Waals surface area contributed by atoms with Crippen molar-refractivity contribution >= 4 is 38.2 Å². The Balaban J connectivity index is 1.71. The monoisotopic (exact) mass is 337 g/mol. The third kappa shape index (κ3) is 2.45. The summed E-state index contributed by atoms with van der Waals surface area (Å²) < 4.78 is 0. The number of fused-ring (bicyclic) bond motifs is 2. The van der Waals surface area contributed by atoms with Gasteiger partial charge in [0.2, 0.25) is 0 Å². The second kappa shape index (κ2) is 5.72. The van der Waals surface area contributed by atoms with Crippen molar-refractivity contribution in [2.45, 2.75) is 19.8 Å². The molecule has 5 nitrogen and oxygen atoms in total. The molecule has 0 aliphatic carbocycles. The second-order valence-corrected chi connectivity index (χ2v) is 6.76. The van der Waals surface area contributed by atoms with Crippen molar-refractivity contribution in [2.75, 3.05) is 0 Å². The van der Waals surface area contributed by atoms with E-state index in [0.717, 1.165) is 22.2 Å². The van der Waals surface area contributed by atoms with Gasteiger partial charge in [0, 0.05) is 27.5 Å². The summed E-state index contributed by atoms with van der Waals surface area (Å²) >= 11 is 1.50. The number of carbonyl (C=O) groups excluding carboxylic acids is 1. The fourth-order valence-electron chi connectivity index (χ4n) is 2.83. The number of Topliss-reactive ketones (excluding diaryl/α,β-unsaturated/α-hetero) is 1. The first-order valence-corrected chi connectivity index (χ1v) is 8.58. The molecular weight excluding hydrogens is 322 g/mol. The lowest BCUT2D eigenvalue weighted by Crippen LogP contribution is -2.14. The van der Waals surface area contributed by atoms with Gasteiger partial charge in [0.1, 0.15) is 10.7 Å². The highest BCUT2D eigenvalue weighted by molar-refractivity contribution is 7.18. The summed E-state index contributed by atoms with van der Waals surface area (Å²) in [5.41, 5.74) is 1.36. The van der Waals surface area contributed by atoms with Crippen molar-refractivity contribution in [2.24, 2.45) is 0 Å². The third-order valence-electron chi connectivity index (χ3n) is 4.07. The van der Waals surface area contributed by atoms with E-state index in [-0.39, 0.29) is 17.8 Å². The van der Waals surface area contributed by atoms with Crippen LogP contribution in [-0.2, 0) is 12.8 Å². The Morgan fingerprint density at radius 3 is 2.92 bits per heavy atom. The molecule has 1 aromatic carbocycles. The van der Waals surface area contributed by atoms with Crippen LogP contribution in [0.15, 0.2) is 41.3 Å². The number of hydrogen-bond acceptors (Lipinski definition) is 4. The van der Waals surface area contributed by atoms with E-state index < -0.39 is 0 Å². The largest absolute Gasteiger partial charge is 0.360 e.